The summed E-state index contributed by atoms with van der Waals surface area (Å²) in [5.41, 5.74) is 1.19. The summed E-state index contributed by atoms with van der Waals surface area (Å²) in [5.74, 6) is 0.126. The number of hydrogen-bond acceptors (Lipinski definition) is 4. The first-order chi connectivity index (χ1) is 9.96. The van der Waals surface area contributed by atoms with Crippen LogP contribution in [0.4, 0.5) is 0 Å². The third-order valence-electron chi connectivity index (χ3n) is 3.74. The van der Waals surface area contributed by atoms with Crippen molar-refractivity contribution in [3.05, 3.63) is 22.4 Å². The van der Waals surface area contributed by atoms with Gasteiger partial charge >= 0.3 is 0 Å². The fraction of sp³-hybridized carbons (Fsp3) is 0.643. The normalized spacial score (nSPS) is 19.7. The van der Waals surface area contributed by atoms with Crippen molar-refractivity contribution in [2.24, 2.45) is 0 Å². The highest BCUT2D eigenvalue weighted by molar-refractivity contribution is 7.88. The molecule has 0 unspecified atom stereocenters. The predicted octanol–water partition coefficient (Wildman–Crippen LogP) is 1.61. The lowest BCUT2D eigenvalue weighted by atomic mass is 10.0. The van der Waals surface area contributed by atoms with Crippen molar-refractivity contribution in [1.82, 2.24) is 9.62 Å². The summed E-state index contributed by atoms with van der Waals surface area (Å²) < 4.78 is 25.0. The SMILES string of the molecule is CS(=O)(=O)NC[C@H]1CCCCN1C(=O)CCc1ccsc1. The molecule has 1 saturated heterocycles. The van der Waals surface area contributed by atoms with Crippen LogP contribution < -0.4 is 4.72 Å². The van der Waals surface area contributed by atoms with E-state index in [0.717, 1.165) is 38.5 Å². The number of aryl methyl sites for hydroxylation is 1. The van der Waals surface area contributed by atoms with Crippen LogP contribution in [0.2, 0.25) is 0 Å². The number of hydrogen-bond donors (Lipinski definition) is 1. The molecule has 0 spiro atoms. The highest BCUT2D eigenvalue weighted by atomic mass is 32.2. The minimum absolute atomic E-state index is 0.0107. The highest BCUT2D eigenvalue weighted by Gasteiger charge is 2.26. The van der Waals surface area contributed by atoms with Crippen molar-refractivity contribution in [3.63, 3.8) is 0 Å². The molecule has 118 valence electrons. The second-order valence-electron chi connectivity index (χ2n) is 5.49. The van der Waals surface area contributed by atoms with Gasteiger partial charge in [-0.3, -0.25) is 4.79 Å². The lowest BCUT2D eigenvalue weighted by Crippen LogP contribution is -2.49. The van der Waals surface area contributed by atoms with Crippen LogP contribution in [0.15, 0.2) is 16.8 Å². The molecule has 0 aliphatic carbocycles. The number of carbonyl (C=O) groups excluding carboxylic acids is 1. The summed E-state index contributed by atoms with van der Waals surface area (Å²) in [6, 6.07) is 2.03. The van der Waals surface area contributed by atoms with Gasteiger partial charge in [-0.05, 0) is 48.1 Å². The molecule has 1 fully saturated rings. The number of sulfonamides is 1. The van der Waals surface area contributed by atoms with E-state index >= 15 is 0 Å². The Kier molecular flexibility index (Phi) is 5.78. The predicted molar refractivity (Wildman–Crippen MR) is 84.8 cm³/mol. The number of nitrogens with zero attached hydrogens (tertiary/aromatic N) is 1. The number of amides is 1. The molecule has 7 heteroatoms. The second-order valence-corrected chi connectivity index (χ2v) is 8.10. The summed E-state index contributed by atoms with van der Waals surface area (Å²) >= 11 is 1.64. The smallest absolute Gasteiger partial charge is 0.223 e. The van der Waals surface area contributed by atoms with Gasteiger partial charge in [0.2, 0.25) is 15.9 Å². The maximum Gasteiger partial charge on any atom is 0.223 e. The molecule has 1 aromatic heterocycles. The van der Waals surface area contributed by atoms with Crippen LogP contribution >= 0.6 is 11.3 Å². The maximum atomic E-state index is 12.4. The lowest BCUT2D eigenvalue weighted by Gasteiger charge is -2.36. The molecule has 0 bridgehead atoms. The Morgan fingerprint density at radius 1 is 1.48 bits per heavy atom. The van der Waals surface area contributed by atoms with Gasteiger partial charge in [-0.2, -0.15) is 11.3 Å². The van der Waals surface area contributed by atoms with Crippen LogP contribution in [-0.2, 0) is 21.2 Å². The van der Waals surface area contributed by atoms with Crippen molar-refractivity contribution in [2.75, 3.05) is 19.3 Å². The van der Waals surface area contributed by atoms with Gasteiger partial charge in [-0.25, -0.2) is 13.1 Å². The molecule has 2 rings (SSSR count). The Hall–Kier alpha value is -0.920. The Labute approximate surface area is 130 Å². The Balaban J connectivity index is 1.89. The topological polar surface area (TPSA) is 66.5 Å². The fourth-order valence-corrected chi connectivity index (χ4v) is 3.82. The quantitative estimate of drug-likeness (QED) is 0.862. The molecule has 21 heavy (non-hydrogen) atoms. The first-order valence-corrected chi connectivity index (χ1v) is 10.0. The summed E-state index contributed by atoms with van der Waals surface area (Å²) in [4.78, 5) is 14.2. The lowest BCUT2D eigenvalue weighted by molar-refractivity contribution is -0.134. The third-order valence-corrected chi connectivity index (χ3v) is 5.16. The Morgan fingerprint density at radius 3 is 2.95 bits per heavy atom. The number of rotatable bonds is 6. The second kappa shape index (κ2) is 7.38. The van der Waals surface area contributed by atoms with Gasteiger partial charge in [0, 0.05) is 25.6 Å². The van der Waals surface area contributed by atoms with E-state index in [1.807, 2.05) is 16.3 Å². The first-order valence-electron chi connectivity index (χ1n) is 7.21. The molecule has 1 amide bonds. The minimum Gasteiger partial charge on any atom is -0.338 e. The van der Waals surface area contributed by atoms with Crippen LogP contribution in [0.3, 0.4) is 0 Å². The largest absolute Gasteiger partial charge is 0.338 e. The van der Waals surface area contributed by atoms with Crippen molar-refractivity contribution in [1.29, 1.82) is 0 Å². The molecule has 0 saturated carbocycles. The van der Waals surface area contributed by atoms with Crippen molar-refractivity contribution >= 4 is 27.3 Å². The molecule has 1 aliphatic rings. The molecule has 0 aromatic carbocycles. The monoisotopic (exact) mass is 330 g/mol. The summed E-state index contributed by atoms with van der Waals surface area (Å²) in [6.07, 6.45) is 5.31. The summed E-state index contributed by atoms with van der Waals surface area (Å²) in [5, 5.41) is 4.08. The zero-order chi connectivity index (χ0) is 15.3. The van der Waals surface area contributed by atoms with Crippen LogP contribution in [0.1, 0.15) is 31.2 Å². The Morgan fingerprint density at radius 2 is 2.29 bits per heavy atom. The van der Waals surface area contributed by atoms with Gasteiger partial charge in [0.25, 0.3) is 0 Å². The summed E-state index contributed by atoms with van der Waals surface area (Å²) in [7, 11) is -3.21. The molecular formula is C14H22N2O3S2. The van der Waals surface area contributed by atoms with Crippen LogP contribution in [-0.4, -0.2) is 44.6 Å². The van der Waals surface area contributed by atoms with E-state index in [4.69, 9.17) is 0 Å². The number of piperidine rings is 1. The van der Waals surface area contributed by atoms with E-state index in [-0.39, 0.29) is 11.9 Å². The van der Waals surface area contributed by atoms with Gasteiger partial charge in [-0.15, -0.1) is 0 Å². The van der Waals surface area contributed by atoms with E-state index in [2.05, 4.69) is 10.1 Å². The van der Waals surface area contributed by atoms with Crippen LogP contribution in [0.25, 0.3) is 0 Å². The molecular weight excluding hydrogens is 308 g/mol. The molecule has 2 heterocycles. The van der Waals surface area contributed by atoms with Crippen molar-refractivity contribution in [2.45, 2.75) is 38.1 Å². The average Bonchev–Trinajstić information content (AvgIpc) is 2.95. The van der Waals surface area contributed by atoms with Gasteiger partial charge in [0.1, 0.15) is 0 Å². The first kappa shape index (κ1) is 16.5. The third kappa shape index (κ3) is 5.41. The van der Waals surface area contributed by atoms with E-state index in [1.54, 1.807) is 11.3 Å². The van der Waals surface area contributed by atoms with Crippen LogP contribution in [0, 0.1) is 0 Å². The molecule has 5 nitrogen and oxygen atoms in total. The zero-order valence-electron chi connectivity index (χ0n) is 12.2. The fourth-order valence-electron chi connectivity index (χ4n) is 2.62. The average molecular weight is 330 g/mol. The van der Waals surface area contributed by atoms with Crippen LogP contribution in [0.5, 0.6) is 0 Å². The number of nitrogens with one attached hydrogen (secondary N) is 1. The molecule has 1 aliphatic heterocycles. The standard InChI is InChI=1S/C14H22N2O3S2/c1-21(18,19)15-10-13-4-2-3-8-16(13)14(17)6-5-12-7-9-20-11-12/h7,9,11,13,15H,2-6,8,10H2,1H3/t13-/m1/s1. The number of thiophene rings is 1. The Bertz CT molecular complexity index is 555. The van der Waals surface area contributed by atoms with Crippen molar-refractivity contribution < 1.29 is 13.2 Å². The highest BCUT2D eigenvalue weighted by Crippen LogP contribution is 2.19. The number of carbonyl (C=O) groups is 1. The summed E-state index contributed by atoms with van der Waals surface area (Å²) in [6.45, 7) is 1.06. The van der Waals surface area contributed by atoms with E-state index < -0.39 is 10.0 Å². The number of likely N-dealkylation sites (tertiary alicyclic amines) is 1. The molecule has 1 atom stereocenters. The zero-order valence-corrected chi connectivity index (χ0v) is 13.9. The van der Waals surface area contributed by atoms with E-state index in [0.29, 0.717) is 13.0 Å². The van der Waals surface area contributed by atoms with E-state index in [9.17, 15) is 13.2 Å². The molecule has 0 radical (unpaired) electrons. The molecule has 1 aromatic rings. The van der Waals surface area contributed by atoms with Gasteiger partial charge in [0.05, 0.1) is 6.26 Å². The van der Waals surface area contributed by atoms with Crippen molar-refractivity contribution in [3.8, 4) is 0 Å². The maximum absolute atomic E-state index is 12.4. The molecule has 1 N–H and O–H groups in total. The van der Waals surface area contributed by atoms with Gasteiger partial charge in [-0.1, -0.05) is 0 Å². The van der Waals surface area contributed by atoms with E-state index in [1.165, 1.54) is 5.56 Å². The van der Waals surface area contributed by atoms with Gasteiger partial charge in [0.15, 0.2) is 0 Å². The minimum atomic E-state index is -3.21. The van der Waals surface area contributed by atoms with Gasteiger partial charge < -0.3 is 4.90 Å².